The van der Waals surface area contributed by atoms with E-state index >= 15 is 0 Å². The van der Waals surface area contributed by atoms with Crippen molar-refractivity contribution in [1.29, 1.82) is 0 Å². The molecule has 0 fully saturated rings. The number of fused-ring (bicyclic) bond motifs is 1. The Hall–Kier alpha value is -0.980. The number of hydrogen-bond donors (Lipinski definition) is 1. The van der Waals surface area contributed by atoms with Gasteiger partial charge in [0.25, 0.3) is 0 Å². The summed E-state index contributed by atoms with van der Waals surface area (Å²) >= 11 is 1.23. The van der Waals surface area contributed by atoms with Crippen molar-refractivity contribution >= 4 is 32.5 Å². The van der Waals surface area contributed by atoms with Crippen LogP contribution in [-0.2, 0) is 10.0 Å². The summed E-state index contributed by atoms with van der Waals surface area (Å²) in [7, 11) is -3.65. The van der Waals surface area contributed by atoms with Crippen molar-refractivity contribution in [2.24, 2.45) is 5.14 Å². The lowest BCUT2D eigenvalue weighted by atomic mass is 10.2. The van der Waals surface area contributed by atoms with E-state index in [-0.39, 0.29) is 4.90 Å². The van der Waals surface area contributed by atoms with Crippen LogP contribution >= 0.6 is 11.5 Å². The molecule has 1 heterocycles. The Morgan fingerprint density at radius 3 is 2.79 bits per heavy atom. The number of nitrogens with zero attached hydrogens (tertiary/aromatic N) is 1. The molecular weight excluding hydrogens is 220 g/mol. The lowest BCUT2D eigenvalue weighted by molar-refractivity contribution is 0.598. The quantitative estimate of drug-likeness (QED) is 0.798. The Kier molecular flexibility index (Phi) is 2.06. The van der Waals surface area contributed by atoms with Gasteiger partial charge in [-0.15, -0.1) is 0 Å². The Morgan fingerprint density at radius 2 is 2.14 bits per heavy atom. The molecule has 0 aliphatic heterocycles. The average molecular weight is 228 g/mol. The fourth-order valence-corrected chi connectivity index (χ4v) is 2.85. The Bertz CT molecular complexity index is 586. The second-order valence-electron chi connectivity index (χ2n) is 3.00. The lowest BCUT2D eigenvalue weighted by Crippen LogP contribution is -2.12. The van der Waals surface area contributed by atoms with Crippen molar-refractivity contribution < 1.29 is 8.42 Å². The molecule has 1 aromatic heterocycles. The van der Waals surface area contributed by atoms with Crippen molar-refractivity contribution in [3.63, 3.8) is 0 Å². The fourth-order valence-electron chi connectivity index (χ4n) is 1.31. The monoisotopic (exact) mass is 228 g/mol. The van der Waals surface area contributed by atoms with Crippen LogP contribution in [0.3, 0.4) is 0 Å². The second kappa shape index (κ2) is 3.01. The molecule has 0 aliphatic rings. The normalized spacial score (nSPS) is 12.1. The number of aromatic nitrogens is 1. The summed E-state index contributed by atoms with van der Waals surface area (Å²) in [6.07, 6.45) is 0. The minimum atomic E-state index is -3.65. The molecule has 2 rings (SSSR count). The predicted octanol–water partition coefficient (Wildman–Crippen LogP) is 1.25. The molecule has 0 aliphatic carbocycles. The first-order valence-corrected chi connectivity index (χ1v) is 6.25. The highest BCUT2D eigenvalue weighted by Gasteiger charge is 2.14. The van der Waals surface area contributed by atoms with Gasteiger partial charge < -0.3 is 0 Å². The highest BCUT2D eigenvalue weighted by molar-refractivity contribution is 7.89. The lowest BCUT2D eigenvalue weighted by Gasteiger charge is -2.01. The van der Waals surface area contributed by atoms with Gasteiger partial charge in [0.05, 0.1) is 10.4 Å². The molecule has 0 radical (unpaired) electrons. The molecule has 6 heteroatoms. The maximum Gasteiger partial charge on any atom is 0.238 e. The van der Waals surface area contributed by atoms with Gasteiger partial charge in [0.1, 0.15) is 0 Å². The van der Waals surface area contributed by atoms with E-state index in [1.165, 1.54) is 17.6 Å². The molecule has 4 nitrogen and oxygen atoms in total. The third kappa shape index (κ3) is 1.41. The highest BCUT2D eigenvalue weighted by Crippen LogP contribution is 2.25. The van der Waals surface area contributed by atoms with Gasteiger partial charge in [0.2, 0.25) is 10.0 Å². The summed E-state index contributed by atoms with van der Waals surface area (Å²) in [4.78, 5) is 0.145. The van der Waals surface area contributed by atoms with Gasteiger partial charge >= 0.3 is 0 Å². The van der Waals surface area contributed by atoms with Crippen LogP contribution in [0.25, 0.3) is 10.9 Å². The number of rotatable bonds is 1. The zero-order valence-electron chi connectivity index (χ0n) is 7.39. The highest BCUT2D eigenvalue weighted by atomic mass is 32.2. The zero-order chi connectivity index (χ0) is 10.3. The van der Waals surface area contributed by atoms with Crippen molar-refractivity contribution in [1.82, 2.24) is 4.37 Å². The van der Waals surface area contributed by atoms with E-state index in [9.17, 15) is 8.42 Å². The molecule has 0 atom stereocenters. The predicted molar refractivity (Wildman–Crippen MR) is 55.7 cm³/mol. The first-order valence-electron chi connectivity index (χ1n) is 3.86. The minimum Gasteiger partial charge on any atom is -0.225 e. The van der Waals surface area contributed by atoms with Gasteiger partial charge in [0, 0.05) is 10.8 Å². The molecule has 0 amide bonds. The molecule has 14 heavy (non-hydrogen) atoms. The molecule has 2 N–H and O–H groups in total. The summed E-state index contributed by atoms with van der Waals surface area (Å²) in [6, 6.07) is 3.23. The molecular formula is C8H8N2O2S2. The number of nitrogens with two attached hydrogens (primary N) is 1. The van der Waals surface area contributed by atoms with E-state index in [1.54, 1.807) is 11.4 Å². The third-order valence-corrected chi connectivity index (χ3v) is 3.60. The van der Waals surface area contributed by atoms with Gasteiger partial charge in [-0.3, -0.25) is 0 Å². The SMILES string of the molecule is Cc1ccc(S(N)(=O)=O)c2csnc12. The molecule has 1 aromatic carbocycles. The van der Waals surface area contributed by atoms with Gasteiger partial charge in [-0.2, -0.15) is 4.37 Å². The molecule has 2 aromatic rings. The standard InChI is InChI=1S/C8H8N2O2S2/c1-5-2-3-7(14(9,11)12)6-4-13-10-8(5)6/h2-4H,1H3,(H2,9,11,12). The van der Waals surface area contributed by atoms with Crippen LogP contribution in [-0.4, -0.2) is 12.8 Å². The minimum absolute atomic E-state index is 0.145. The smallest absolute Gasteiger partial charge is 0.225 e. The van der Waals surface area contributed by atoms with Crippen molar-refractivity contribution in [2.75, 3.05) is 0 Å². The molecule has 0 saturated heterocycles. The Morgan fingerprint density at radius 1 is 1.43 bits per heavy atom. The number of primary sulfonamides is 1. The topological polar surface area (TPSA) is 73.1 Å². The van der Waals surface area contributed by atoms with Gasteiger partial charge in [-0.1, -0.05) is 6.07 Å². The van der Waals surface area contributed by atoms with E-state index in [4.69, 9.17) is 5.14 Å². The van der Waals surface area contributed by atoms with E-state index in [0.29, 0.717) is 10.9 Å². The first-order chi connectivity index (χ1) is 6.50. The van der Waals surface area contributed by atoms with Crippen LogP contribution in [0.4, 0.5) is 0 Å². The van der Waals surface area contributed by atoms with Gasteiger partial charge in [0.15, 0.2) is 0 Å². The van der Waals surface area contributed by atoms with Crippen LogP contribution in [0.2, 0.25) is 0 Å². The van der Waals surface area contributed by atoms with Crippen molar-refractivity contribution in [2.45, 2.75) is 11.8 Å². The van der Waals surface area contributed by atoms with Crippen LogP contribution < -0.4 is 5.14 Å². The van der Waals surface area contributed by atoms with Crippen molar-refractivity contribution in [3.8, 4) is 0 Å². The third-order valence-electron chi connectivity index (χ3n) is 2.00. The summed E-state index contributed by atoms with van der Waals surface area (Å²) < 4.78 is 26.5. The molecule has 0 bridgehead atoms. The summed E-state index contributed by atoms with van der Waals surface area (Å²) in [5, 5.41) is 7.39. The largest absolute Gasteiger partial charge is 0.238 e. The van der Waals surface area contributed by atoms with Crippen LogP contribution in [0.5, 0.6) is 0 Å². The Balaban J connectivity index is 2.93. The number of benzene rings is 1. The van der Waals surface area contributed by atoms with Gasteiger partial charge in [-0.25, -0.2) is 13.6 Å². The van der Waals surface area contributed by atoms with E-state index in [2.05, 4.69) is 4.37 Å². The van der Waals surface area contributed by atoms with Crippen LogP contribution in [0.1, 0.15) is 5.56 Å². The molecule has 0 spiro atoms. The average Bonchev–Trinajstić information content (AvgIpc) is 2.50. The molecule has 0 saturated carbocycles. The van der Waals surface area contributed by atoms with E-state index in [1.807, 2.05) is 6.92 Å². The fraction of sp³-hybridized carbons (Fsp3) is 0.125. The summed E-state index contributed by atoms with van der Waals surface area (Å²) in [5.74, 6) is 0. The summed E-state index contributed by atoms with van der Waals surface area (Å²) in [6.45, 7) is 1.88. The number of hydrogen-bond acceptors (Lipinski definition) is 4. The van der Waals surface area contributed by atoms with Crippen molar-refractivity contribution in [3.05, 3.63) is 23.1 Å². The number of sulfonamides is 1. The number of aryl methyl sites for hydroxylation is 1. The van der Waals surface area contributed by atoms with Crippen LogP contribution in [0, 0.1) is 6.92 Å². The summed E-state index contributed by atoms with van der Waals surface area (Å²) in [5.41, 5.74) is 1.66. The van der Waals surface area contributed by atoms with E-state index < -0.39 is 10.0 Å². The Labute approximate surface area is 85.6 Å². The zero-order valence-corrected chi connectivity index (χ0v) is 9.02. The maximum atomic E-state index is 11.2. The van der Waals surface area contributed by atoms with E-state index in [0.717, 1.165) is 5.56 Å². The molecule has 0 unspecified atom stereocenters. The maximum absolute atomic E-state index is 11.2. The second-order valence-corrected chi connectivity index (χ2v) is 5.16. The van der Waals surface area contributed by atoms with Crippen LogP contribution in [0.15, 0.2) is 22.4 Å². The van der Waals surface area contributed by atoms with Gasteiger partial charge in [-0.05, 0) is 30.1 Å². The first kappa shape index (κ1) is 9.57. The molecule has 74 valence electrons.